The fourth-order valence-electron chi connectivity index (χ4n) is 2.90. The fraction of sp³-hybridized carbons (Fsp3) is 0.292. The lowest BCUT2D eigenvalue weighted by Crippen LogP contribution is -1.92. The number of hydrogen-bond donors (Lipinski definition) is 0. The van der Waals surface area contributed by atoms with E-state index in [1.54, 1.807) is 0 Å². The number of hydrogen-bond acceptors (Lipinski definition) is 3. The third kappa shape index (κ3) is 5.54. The van der Waals surface area contributed by atoms with E-state index >= 15 is 0 Å². The molecule has 0 atom stereocenters. The van der Waals surface area contributed by atoms with Crippen molar-refractivity contribution in [3.05, 3.63) is 71.8 Å². The number of nitrogens with zero attached hydrogens (tertiary/aromatic N) is 1. The van der Waals surface area contributed by atoms with Gasteiger partial charge in [-0.05, 0) is 43.0 Å². The average molecular weight is 378 g/mol. The van der Waals surface area contributed by atoms with Crippen molar-refractivity contribution in [1.29, 1.82) is 0 Å². The van der Waals surface area contributed by atoms with Crippen molar-refractivity contribution in [3.8, 4) is 27.4 Å². The van der Waals surface area contributed by atoms with Crippen LogP contribution < -0.4 is 4.74 Å². The molecule has 0 aliphatic carbocycles. The van der Waals surface area contributed by atoms with E-state index in [2.05, 4.69) is 48.3 Å². The second kappa shape index (κ2) is 10.1. The van der Waals surface area contributed by atoms with Gasteiger partial charge in [-0.3, -0.25) is 0 Å². The fourth-order valence-corrected chi connectivity index (χ4v) is 3.85. The van der Waals surface area contributed by atoms with E-state index in [0.717, 1.165) is 17.2 Å². The minimum Gasteiger partial charge on any atom is -0.490 e. The van der Waals surface area contributed by atoms with Crippen LogP contribution in [0.4, 0.5) is 0 Å². The number of aryl methyl sites for hydroxylation is 1. The maximum Gasteiger partial charge on any atom is 0.123 e. The van der Waals surface area contributed by atoms with Gasteiger partial charge in [0.2, 0.25) is 0 Å². The molecule has 0 fully saturated rings. The molecule has 2 aromatic carbocycles. The van der Waals surface area contributed by atoms with Crippen LogP contribution in [0.25, 0.3) is 21.7 Å². The van der Waals surface area contributed by atoms with E-state index in [9.17, 15) is 0 Å². The molecule has 0 spiro atoms. The molecule has 0 amide bonds. The number of benzene rings is 2. The molecule has 0 saturated carbocycles. The van der Waals surface area contributed by atoms with Gasteiger partial charge in [0.1, 0.15) is 17.4 Å². The molecule has 1 aromatic heterocycles. The molecule has 0 saturated heterocycles. The van der Waals surface area contributed by atoms with Crippen LogP contribution in [0, 0.1) is 0 Å². The van der Waals surface area contributed by atoms with Crippen LogP contribution in [-0.4, -0.2) is 11.6 Å². The van der Waals surface area contributed by atoms with E-state index in [0.29, 0.717) is 6.61 Å². The van der Waals surface area contributed by atoms with Gasteiger partial charge in [-0.1, -0.05) is 68.3 Å². The monoisotopic (exact) mass is 377 g/mol. The van der Waals surface area contributed by atoms with E-state index in [-0.39, 0.29) is 0 Å². The normalized spacial score (nSPS) is 11.2. The first-order valence-corrected chi connectivity index (χ1v) is 10.5. The Hall–Kier alpha value is -2.39. The first kappa shape index (κ1) is 19.4. The molecular weight excluding hydrogens is 350 g/mol. The molecular formula is C24H27NOS. The van der Waals surface area contributed by atoms with Crippen LogP contribution in [0.2, 0.25) is 0 Å². The van der Waals surface area contributed by atoms with Crippen LogP contribution in [0.3, 0.4) is 0 Å². The average Bonchev–Trinajstić information content (AvgIpc) is 3.18. The van der Waals surface area contributed by atoms with Crippen LogP contribution in [0.15, 0.2) is 66.9 Å². The van der Waals surface area contributed by atoms with Crippen molar-refractivity contribution in [2.24, 2.45) is 0 Å². The zero-order valence-corrected chi connectivity index (χ0v) is 17.0. The van der Waals surface area contributed by atoms with E-state index < -0.39 is 0 Å². The highest BCUT2D eigenvalue weighted by atomic mass is 32.1. The van der Waals surface area contributed by atoms with Gasteiger partial charge in [-0.15, -0.1) is 11.3 Å². The first-order valence-electron chi connectivity index (χ1n) is 9.69. The summed E-state index contributed by atoms with van der Waals surface area (Å²) in [5.41, 5.74) is 3.59. The smallest absolute Gasteiger partial charge is 0.123 e. The standard InChI is InChI=1S/C24H27NOS/c1-3-5-7-8-23-18-25-24(27-23)21-11-9-19(10-12-21)20-13-15-22(16-14-20)26-17-6-4-2/h4,6,9-16,18H,3,5,7-8,17H2,1-2H3. The number of rotatable bonds is 9. The Kier molecular flexibility index (Phi) is 7.23. The highest BCUT2D eigenvalue weighted by Gasteiger charge is 2.06. The summed E-state index contributed by atoms with van der Waals surface area (Å²) in [4.78, 5) is 6.00. The van der Waals surface area contributed by atoms with E-state index in [4.69, 9.17) is 4.74 Å². The van der Waals surface area contributed by atoms with Gasteiger partial charge in [0.15, 0.2) is 0 Å². The molecule has 0 radical (unpaired) electrons. The lowest BCUT2D eigenvalue weighted by Gasteiger charge is -2.06. The number of thiazole rings is 1. The minimum absolute atomic E-state index is 0.610. The summed E-state index contributed by atoms with van der Waals surface area (Å²) in [6.07, 6.45) is 11.0. The SMILES string of the molecule is CC=CCOc1ccc(-c2ccc(-c3ncc(CCCCC)s3)cc2)cc1. The molecule has 0 aliphatic rings. The summed E-state index contributed by atoms with van der Waals surface area (Å²) in [5.74, 6) is 0.895. The van der Waals surface area contributed by atoms with Crippen LogP contribution in [-0.2, 0) is 6.42 Å². The molecule has 0 bridgehead atoms. The summed E-state index contributed by atoms with van der Waals surface area (Å²) in [5, 5.41) is 1.11. The zero-order chi connectivity index (χ0) is 18.9. The molecule has 140 valence electrons. The van der Waals surface area contributed by atoms with Gasteiger partial charge >= 0.3 is 0 Å². The summed E-state index contributed by atoms with van der Waals surface area (Å²) in [7, 11) is 0. The molecule has 1 heterocycles. The Morgan fingerprint density at radius 2 is 1.59 bits per heavy atom. The number of allylic oxidation sites excluding steroid dienone is 1. The van der Waals surface area contributed by atoms with Crippen molar-refractivity contribution in [1.82, 2.24) is 4.98 Å². The molecule has 3 heteroatoms. The second-order valence-electron chi connectivity index (χ2n) is 6.57. The van der Waals surface area contributed by atoms with Gasteiger partial charge < -0.3 is 4.74 Å². The van der Waals surface area contributed by atoms with Crippen molar-refractivity contribution in [2.75, 3.05) is 6.61 Å². The van der Waals surface area contributed by atoms with Gasteiger partial charge in [0.05, 0.1) is 0 Å². The topological polar surface area (TPSA) is 22.1 Å². The minimum atomic E-state index is 0.610. The van der Waals surface area contributed by atoms with Gasteiger partial charge in [-0.2, -0.15) is 0 Å². The Balaban J connectivity index is 1.64. The Morgan fingerprint density at radius 3 is 2.26 bits per heavy atom. The summed E-state index contributed by atoms with van der Waals surface area (Å²) < 4.78 is 5.66. The summed E-state index contributed by atoms with van der Waals surface area (Å²) in [6.45, 7) is 4.85. The van der Waals surface area contributed by atoms with E-state index in [1.165, 1.54) is 40.8 Å². The number of aromatic nitrogens is 1. The Labute approximate surface area is 166 Å². The molecule has 0 N–H and O–H groups in total. The van der Waals surface area contributed by atoms with Crippen LogP contribution >= 0.6 is 11.3 Å². The van der Waals surface area contributed by atoms with E-state index in [1.807, 2.05) is 48.7 Å². The highest BCUT2D eigenvalue weighted by Crippen LogP contribution is 2.29. The van der Waals surface area contributed by atoms with Crippen molar-refractivity contribution >= 4 is 11.3 Å². The largest absolute Gasteiger partial charge is 0.490 e. The Bertz CT molecular complexity index is 847. The lowest BCUT2D eigenvalue weighted by atomic mass is 10.0. The van der Waals surface area contributed by atoms with Crippen molar-refractivity contribution in [3.63, 3.8) is 0 Å². The maximum absolute atomic E-state index is 5.66. The van der Waals surface area contributed by atoms with Crippen LogP contribution in [0.1, 0.15) is 38.0 Å². The lowest BCUT2D eigenvalue weighted by molar-refractivity contribution is 0.363. The zero-order valence-electron chi connectivity index (χ0n) is 16.2. The van der Waals surface area contributed by atoms with Crippen molar-refractivity contribution in [2.45, 2.75) is 39.5 Å². The first-order chi connectivity index (χ1) is 13.3. The molecule has 0 aliphatic heterocycles. The number of ether oxygens (including phenoxy) is 1. The van der Waals surface area contributed by atoms with Gasteiger partial charge in [-0.25, -0.2) is 4.98 Å². The summed E-state index contributed by atoms with van der Waals surface area (Å²) in [6, 6.07) is 16.9. The van der Waals surface area contributed by atoms with Gasteiger partial charge in [0, 0.05) is 16.6 Å². The number of unbranched alkanes of at least 4 members (excludes halogenated alkanes) is 2. The third-order valence-corrected chi connectivity index (χ3v) is 5.59. The second-order valence-corrected chi connectivity index (χ2v) is 7.69. The summed E-state index contributed by atoms with van der Waals surface area (Å²) >= 11 is 1.82. The Morgan fingerprint density at radius 1 is 0.926 bits per heavy atom. The predicted molar refractivity (Wildman–Crippen MR) is 117 cm³/mol. The predicted octanol–water partition coefficient (Wildman–Crippen LogP) is 7.16. The van der Waals surface area contributed by atoms with Crippen molar-refractivity contribution < 1.29 is 4.74 Å². The van der Waals surface area contributed by atoms with Gasteiger partial charge in [0.25, 0.3) is 0 Å². The molecule has 3 rings (SSSR count). The third-order valence-electron chi connectivity index (χ3n) is 4.48. The maximum atomic E-state index is 5.66. The quantitative estimate of drug-likeness (QED) is 0.291. The molecule has 0 unspecified atom stereocenters. The molecule has 27 heavy (non-hydrogen) atoms. The van der Waals surface area contributed by atoms with Crippen LogP contribution in [0.5, 0.6) is 5.75 Å². The molecule has 3 aromatic rings. The molecule has 2 nitrogen and oxygen atoms in total. The highest BCUT2D eigenvalue weighted by molar-refractivity contribution is 7.15.